The van der Waals surface area contributed by atoms with Crippen LogP contribution in [0.4, 0.5) is 11.4 Å². The average Bonchev–Trinajstić information content (AvgIpc) is 2.80. The number of aryl methyl sites for hydroxylation is 2. The molecule has 3 rings (SSSR count). The highest BCUT2D eigenvalue weighted by molar-refractivity contribution is 6.29. The quantitative estimate of drug-likeness (QED) is 0.315. The normalized spacial score (nSPS) is 10.1. The Balaban J connectivity index is 1.99. The molecule has 164 valence electrons. The lowest BCUT2D eigenvalue weighted by molar-refractivity contribution is -0.118. The van der Waals surface area contributed by atoms with Crippen molar-refractivity contribution < 1.29 is 19.1 Å². The van der Waals surface area contributed by atoms with Crippen LogP contribution in [0.25, 0.3) is 6.08 Å². The molecule has 0 saturated carbocycles. The molecule has 32 heavy (non-hydrogen) atoms. The van der Waals surface area contributed by atoms with Crippen LogP contribution < -0.4 is 20.1 Å². The summed E-state index contributed by atoms with van der Waals surface area (Å²) in [6.07, 6.45) is 1.53. The molecular formula is C26H26N2O4. The van der Waals surface area contributed by atoms with E-state index in [1.807, 2.05) is 50.2 Å². The molecule has 0 saturated heterocycles. The Bertz CT molecular complexity index is 1110. The molecule has 0 aromatic heterocycles. The second-order valence-electron chi connectivity index (χ2n) is 7.21. The number of para-hydroxylation sites is 2. The molecule has 0 aliphatic rings. The third-order valence-corrected chi connectivity index (χ3v) is 4.99. The van der Waals surface area contributed by atoms with E-state index in [0.29, 0.717) is 28.4 Å². The Morgan fingerprint density at radius 1 is 0.719 bits per heavy atom. The standard InChI is InChI=1S/C26H26N2O4/c1-17-9-5-7-11-21(17)27-25(29)20(26(30)28-22-12-8-6-10-18(22)2)15-19-13-14-23(31-3)24(16-19)32-4/h5-16H,1-4H3,(H,27,29)(H,28,30). The number of carbonyl (C=O) groups excluding carboxylic acids is 2. The summed E-state index contributed by atoms with van der Waals surface area (Å²) in [5, 5.41) is 5.68. The van der Waals surface area contributed by atoms with E-state index in [1.54, 1.807) is 37.4 Å². The first-order chi connectivity index (χ1) is 15.4. The van der Waals surface area contributed by atoms with E-state index < -0.39 is 11.8 Å². The van der Waals surface area contributed by atoms with E-state index in [0.717, 1.165) is 11.1 Å². The zero-order chi connectivity index (χ0) is 23.1. The zero-order valence-electron chi connectivity index (χ0n) is 18.6. The zero-order valence-corrected chi connectivity index (χ0v) is 18.6. The molecule has 0 aliphatic carbocycles. The van der Waals surface area contributed by atoms with Gasteiger partial charge in [0.25, 0.3) is 11.8 Å². The molecule has 0 heterocycles. The molecule has 0 bridgehead atoms. The molecule has 0 atom stereocenters. The van der Waals surface area contributed by atoms with Gasteiger partial charge in [0.2, 0.25) is 0 Å². The second-order valence-corrected chi connectivity index (χ2v) is 7.21. The third-order valence-electron chi connectivity index (χ3n) is 4.99. The van der Waals surface area contributed by atoms with Crippen molar-refractivity contribution >= 4 is 29.3 Å². The summed E-state index contributed by atoms with van der Waals surface area (Å²) in [7, 11) is 3.08. The first-order valence-electron chi connectivity index (χ1n) is 10.1. The maximum absolute atomic E-state index is 13.2. The fourth-order valence-corrected chi connectivity index (χ4v) is 3.15. The lowest BCUT2D eigenvalue weighted by Gasteiger charge is -2.13. The predicted octanol–water partition coefficient (Wildman–Crippen LogP) is 4.98. The fraction of sp³-hybridized carbons (Fsp3) is 0.154. The molecule has 0 fully saturated rings. The van der Waals surface area contributed by atoms with Gasteiger partial charge in [-0.1, -0.05) is 42.5 Å². The van der Waals surface area contributed by atoms with Crippen LogP contribution in [0, 0.1) is 13.8 Å². The van der Waals surface area contributed by atoms with Crippen molar-refractivity contribution in [2.24, 2.45) is 0 Å². The number of nitrogens with one attached hydrogen (secondary N) is 2. The Morgan fingerprint density at radius 3 is 1.69 bits per heavy atom. The number of hydrogen-bond acceptors (Lipinski definition) is 4. The van der Waals surface area contributed by atoms with Crippen molar-refractivity contribution in [1.29, 1.82) is 0 Å². The second kappa shape index (κ2) is 10.3. The summed E-state index contributed by atoms with van der Waals surface area (Å²) in [6, 6.07) is 20.0. The van der Waals surface area contributed by atoms with E-state index in [2.05, 4.69) is 10.6 Å². The van der Waals surface area contributed by atoms with Gasteiger partial charge in [-0.15, -0.1) is 0 Å². The Morgan fingerprint density at radius 2 is 1.22 bits per heavy atom. The molecule has 6 heteroatoms. The van der Waals surface area contributed by atoms with Crippen molar-refractivity contribution in [3.63, 3.8) is 0 Å². The van der Waals surface area contributed by atoms with Crippen molar-refractivity contribution in [3.05, 3.63) is 89.0 Å². The van der Waals surface area contributed by atoms with E-state index >= 15 is 0 Å². The summed E-state index contributed by atoms with van der Waals surface area (Å²) >= 11 is 0. The van der Waals surface area contributed by atoms with Gasteiger partial charge in [-0.2, -0.15) is 0 Å². The number of hydrogen-bond donors (Lipinski definition) is 2. The van der Waals surface area contributed by atoms with E-state index in [1.165, 1.54) is 13.2 Å². The van der Waals surface area contributed by atoms with Crippen LogP contribution in [0.1, 0.15) is 16.7 Å². The topological polar surface area (TPSA) is 76.7 Å². The third kappa shape index (κ3) is 5.35. The number of carbonyl (C=O) groups is 2. The number of rotatable bonds is 7. The van der Waals surface area contributed by atoms with Gasteiger partial charge in [0.05, 0.1) is 14.2 Å². The molecule has 6 nitrogen and oxygen atoms in total. The van der Waals surface area contributed by atoms with Gasteiger partial charge in [-0.05, 0) is 60.9 Å². The first-order valence-corrected chi connectivity index (χ1v) is 10.1. The van der Waals surface area contributed by atoms with Crippen LogP contribution in [-0.4, -0.2) is 26.0 Å². The molecule has 2 amide bonds. The van der Waals surface area contributed by atoms with Crippen LogP contribution in [0.15, 0.2) is 72.3 Å². The van der Waals surface area contributed by atoms with Gasteiger partial charge in [0, 0.05) is 11.4 Å². The SMILES string of the molecule is COc1ccc(C=C(C(=O)Nc2ccccc2C)C(=O)Nc2ccccc2C)cc1OC. The fourth-order valence-electron chi connectivity index (χ4n) is 3.15. The average molecular weight is 431 g/mol. The van der Waals surface area contributed by atoms with Crippen molar-refractivity contribution in [3.8, 4) is 11.5 Å². The summed E-state index contributed by atoms with van der Waals surface area (Å²) in [6.45, 7) is 3.78. The maximum Gasteiger partial charge on any atom is 0.261 e. The summed E-state index contributed by atoms with van der Waals surface area (Å²) in [4.78, 5) is 26.3. The minimum atomic E-state index is -0.514. The summed E-state index contributed by atoms with van der Waals surface area (Å²) in [5.74, 6) is 0.0273. The smallest absolute Gasteiger partial charge is 0.261 e. The van der Waals surface area contributed by atoms with E-state index in [-0.39, 0.29) is 5.57 Å². The highest BCUT2D eigenvalue weighted by Gasteiger charge is 2.20. The van der Waals surface area contributed by atoms with Gasteiger partial charge in [-0.25, -0.2) is 0 Å². The van der Waals surface area contributed by atoms with Crippen LogP contribution >= 0.6 is 0 Å². The minimum Gasteiger partial charge on any atom is -0.493 e. The number of benzene rings is 3. The van der Waals surface area contributed by atoms with Crippen molar-refractivity contribution in [2.75, 3.05) is 24.9 Å². The minimum absolute atomic E-state index is 0.0382. The Labute approximate surface area is 187 Å². The predicted molar refractivity (Wildman–Crippen MR) is 127 cm³/mol. The van der Waals surface area contributed by atoms with Crippen LogP contribution in [0.3, 0.4) is 0 Å². The van der Waals surface area contributed by atoms with Crippen molar-refractivity contribution in [1.82, 2.24) is 0 Å². The first kappa shape index (κ1) is 22.6. The molecular weight excluding hydrogens is 404 g/mol. The molecule has 0 spiro atoms. The van der Waals surface area contributed by atoms with Crippen LogP contribution in [0.5, 0.6) is 11.5 Å². The Hall–Kier alpha value is -4.06. The number of ether oxygens (including phenoxy) is 2. The molecule has 0 unspecified atom stereocenters. The van der Waals surface area contributed by atoms with Crippen LogP contribution in [-0.2, 0) is 9.59 Å². The summed E-state index contributed by atoms with van der Waals surface area (Å²) in [5.41, 5.74) is 3.65. The van der Waals surface area contributed by atoms with Crippen LogP contribution in [0.2, 0.25) is 0 Å². The largest absolute Gasteiger partial charge is 0.493 e. The monoisotopic (exact) mass is 430 g/mol. The summed E-state index contributed by atoms with van der Waals surface area (Å²) < 4.78 is 10.6. The lowest BCUT2D eigenvalue weighted by atomic mass is 10.1. The molecule has 0 radical (unpaired) electrons. The van der Waals surface area contributed by atoms with Gasteiger partial charge in [-0.3, -0.25) is 9.59 Å². The number of methoxy groups -OCH3 is 2. The molecule has 3 aromatic carbocycles. The Kier molecular flexibility index (Phi) is 7.29. The molecule has 3 aromatic rings. The van der Waals surface area contributed by atoms with Crippen molar-refractivity contribution in [2.45, 2.75) is 13.8 Å². The highest BCUT2D eigenvalue weighted by atomic mass is 16.5. The van der Waals surface area contributed by atoms with E-state index in [4.69, 9.17) is 9.47 Å². The van der Waals surface area contributed by atoms with E-state index in [9.17, 15) is 9.59 Å². The number of anilines is 2. The molecule has 2 N–H and O–H groups in total. The molecule has 0 aliphatic heterocycles. The van der Waals surface area contributed by atoms with Gasteiger partial charge < -0.3 is 20.1 Å². The highest BCUT2D eigenvalue weighted by Crippen LogP contribution is 2.29. The lowest BCUT2D eigenvalue weighted by Crippen LogP contribution is -2.25. The van der Waals surface area contributed by atoms with Gasteiger partial charge in [0.1, 0.15) is 5.57 Å². The maximum atomic E-state index is 13.2. The van der Waals surface area contributed by atoms with Gasteiger partial charge >= 0.3 is 0 Å². The number of amides is 2. The van der Waals surface area contributed by atoms with Gasteiger partial charge in [0.15, 0.2) is 11.5 Å².